The normalized spacial score (nSPS) is 20.9. The fourth-order valence-electron chi connectivity index (χ4n) is 1.92. The largest absolute Gasteiger partial charge is 0.355 e. The molecule has 2 heteroatoms. The second-order valence-corrected chi connectivity index (χ2v) is 5.44. The molecule has 1 heterocycles. The Kier molecular flexibility index (Phi) is 3.95. The lowest BCUT2D eigenvalue weighted by molar-refractivity contribution is 0.230. The van der Waals surface area contributed by atoms with Gasteiger partial charge in [-0.15, -0.1) is 0 Å². The zero-order valence-corrected chi connectivity index (χ0v) is 10.7. The Hall–Kier alpha value is -0.790. The quantitative estimate of drug-likeness (QED) is 0.605. The summed E-state index contributed by atoms with van der Waals surface area (Å²) in [5.74, 6) is 1.77. The van der Waals surface area contributed by atoms with Crippen LogP contribution in [0.2, 0.25) is 0 Å². The maximum absolute atomic E-state index is 4.69. The maximum atomic E-state index is 4.69. The molecule has 2 nitrogen and oxygen atoms in total. The van der Waals surface area contributed by atoms with Gasteiger partial charge in [-0.3, -0.25) is 4.99 Å². The van der Waals surface area contributed by atoms with Crippen LogP contribution in [0.4, 0.5) is 0 Å². The van der Waals surface area contributed by atoms with Crippen molar-refractivity contribution in [2.24, 2.45) is 10.9 Å². The van der Waals surface area contributed by atoms with Crippen molar-refractivity contribution in [2.45, 2.75) is 46.6 Å². The van der Waals surface area contributed by atoms with E-state index in [1.54, 1.807) is 0 Å². The third-order valence-corrected chi connectivity index (χ3v) is 2.65. The first kappa shape index (κ1) is 12.3. The predicted octanol–water partition coefficient (Wildman–Crippen LogP) is 3.10. The van der Waals surface area contributed by atoms with Crippen LogP contribution in [-0.2, 0) is 0 Å². The molecule has 0 radical (unpaired) electrons. The Labute approximate surface area is 94.1 Å². The van der Waals surface area contributed by atoms with Gasteiger partial charge in [-0.1, -0.05) is 26.0 Å². The number of aliphatic imine (C=N–C) groups is 1. The minimum atomic E-state index is 0.175. The molecule has 0 saturated carbocycles. The summed E-state index contributed by atoms with van der Waals surface area (Å²) in [6, 6.07) is 0. The highest BCUT2D eigenvalue weighted by atomic mass is 15.2. The van der Waals surface area contributed by atoms with Crippen LogP contribution in [-0.4, -0.2) is 29.4 Å². The molecule has 0 N–H and O–H groups in total. The summed E-state index contributed by atoms with van der Waals surface area (Å²) in [6.45, 7) is 13.1. The molecule has 0 aromatic carbocycles. The summed E-state index contributed by atoms with van der Waals surface area (Å²) in [5.41, 5.74) is 0.175. The number of hydrogen-bond donors (Lipinski definition) is 0. The Morgan fingerprint density at radius 2 is 1.93 bits per heavy atom. The van der Waals surface area contributed by atoms with Crippen LogP contribution in [0.5, 0.6) is 0 Å². The van der Waals surface area contributed by atoms with E-state index in [2.05, 4.69) is 56.7 Å². The van der Waals surface area contributed by atoms with E-state index in [0.29, 0.717) is 5.92 Å². The smallest absolute Gasteiger partial charge is 0.102 e. The second-order valence-electron chi connectivity index (χ2n) is 5.44. The molecule has 0 fully saturated rings. The Morgan fingerprint density at radius 1 is 1.27 bits per heavy atom. The van der Waals surface area contributed by atoms with E-state index in [1.165, 1.54) is 5.84 Å². The van der Waals surface area contributed by atoms with E-state index in [-0.39, 0.29) is 5.54 Å². The molecule has 15 heavy (non-hydrogen) atoms. The van der Waals surface area contributed by atoms with Crippen LogP contribution < -0.4 is 0 Å². The van der Waals surface area contributed by atoms with Crippen LogP contribution in [0.15, 0.2) is 17.1 Å². The minimum absolute atomic E-state index is 0.175. The van der Waals surface area contributed by atoms with Gasteiger partial charge in [-0.05, 0) is 27.2 Å². The molecule has 0 aromatic heterocycles. The van der Waals surface area contributed by atoms with Crippen LogP contribution in [0.3, 0.4) is 0 Å². The predicted molar refractivity (Wildman–Crippen MR) is 67.4 cm³/mol. The molecule has 0 aliphatic carbocycles. The van der Waals surface area contributed by atoms with Crippen molar-refractivity contribution < 1.29 is 0 Å². The van der Waals surface area contributed by atoms with Crippen molar-refractivity contribution in [3.05, 3.63) is 12.2 Å². The fraction of sp³-hybridized carbons (Fsp3) is 0.769. The van der Waals surface area contributed by atoms with Gasteiger partial charge in [0.05, 0.1) is 6.54 Å². The third-order valence-electron chi connectivity index (χ3n) is 2.65. The molecule has 0 amide bonds. The molecule has 1 aliphatic heterocycles. The second kappa shape index (κ2) is 4.82. The fourth-order valence-corrected chi connectivity index (χ4v) is 1.92. The summed E-state index contributed by atoms with van der Waals surface area (Å²) in [7, 11) is 0. The Balaban J connectivity index is 2.94. The van der Waals surface area contributed by atoms with E-state index in [9.17, 15) is 0 Å². The summed E-state index contributed by atoms with van der Waals surface area (Å²) in [6.07, 6.45) is 5.53. The molecule has 1 rings (SSSR count). The van der Waals surface area contributed by atoms with Crippen molar-refractivity contribution >= 4 is 5.84 Å². The molecular formula is C13H24N2. The highest BCUT2D eigenvalue weighted by Gasteiger charge is 2.25. The minimum Gasteiger partial charge on any atom is -0.355 e. The number of amidine groups is 1. The third kappa shape index (κ3) is 3.37. The van der Waals surface area contributed by atoms with Crippen LogP contribution in [0.25, 0.3) is 0 Å². The van der Waals surface area contributed by atoms with Crippen molar-refractivity contribution in [1.82, 2.24) is 4.90 Å². The van der Waals surface area contributed by atoms with E-state index in [1.807, 2.05) is 0 Å². The molecular weight excluding hydrogens is 184 g/mol. The summed E-state index contributed by atoms with van der Waals surface area (Å²) >= 11 is 0. The lowest BCUT2D eigenvalue weighted by Crippen LogP contribution is -2.48. The monoisotopic (exact) mass is 208 g/mol. The lowest BCUT2D eigenvalue weighted by atomic mass is 10.0. The van der Waals surface area contributed by atoms with Gasteiger partial charge in [0.1, 0.15) is 5.84 Å². The van der Waals surface area contributed by atoms with E-state index in [0.717, 1.165) is 19.5 Å². The molecule has 0 saturated heterocycles. The van der Waals surface area contributed by atoms with Crippen LogP contribution in [0, 0.1) is 5.92 Å². The first-order valence-electron chi connectivity index (χ1n) is 5.90. The zero-order chi connectivity index (χ0) is 11.5. The lowest BCUT2D eigenvalue weighted by Gasteiger charge is -2.40. The number of hydrogen-bond acceptors (Lipinski definition) is 2. The summed E-state index contributed by atoms with van der Waals surface area (Å²) < 4.78 is 0. The van der Waals surface area contributed by atoms with E-state index >= 15 is 0 Å². The Bertz CT molecular complexity index is 256. The van der Waals surface area contributed by atoms with Crippen molar-refractivity contribution in [3.63, 3.8) is 0 Å². The van der Waals surface area contributed by atoms with E-state index < -0.39 is 0 Å². The first-order valence-corrected chi connectivity index (χ1v) is 5.90. The molecule has 0 aromatic rings. The van der Waals surface area contributed by atoms with Crippen molar-refractivity contribution in [3.8, 4) is 0 Å². The van der Waals surface area contributed by atoms with E-state index in [4.69, 9.17) is 0 Å². The van der Waals surface area contributed by atoms with Gasteiger partial charge >= 0.3 is 0 Å². The van der Waals surface area contributed by atoms with Gasteiger partial charge in [0, 0.05) is 18.0 Å². The molecule has 1 aliphatic rings. The Morgan fingerprint density at radius 3 is 2.47 bits per heavy atom. The average Bonchev–Trinajstić information content (AvgIpc) is 1.99. The highest BCUT2D eigenvalue weighted by molar-refractivity contribution is 5.85. The van der Waals surface area contributed by atoms with Gasteiger partial charge in [0.2, 0.25) is 0 Å². The van der Waals surface area contributed by atoms with Crippen molar-refractivity contribution in [1.29, 1.82) is 0 Å². The number of rotatable bonds is 1. The van der Waals surface area contributed by atoms with Gasteiger partial charge in [-0.25, -0.2) is 0 Å². The summed E-state index contributed by atoms with van der Waals surface area (Å²) in [5, 5.41) is 0. The SMILES string of the molecule is CC(C)C1=NC/C=C\CCN1C(C)(C)C. The van der Waals surface area contributed by atoms with Gasteiger partial charge in [0.15, 0.2) is 0 Å². The number of nitrogens with zero attached hydrogens (tertiary/aromatic N) is 2. The van der Waals surface area contributed by atoms with Crippen LogP contribution in [0.1, 0.15) is 41.0 Å². The molecule has 0 atom stereocenters. The summed E-state index contributed by atoms with van der Waals surface area (Å²) in [4.78, 5) is 7.13. The average molecular weight is 208 g/mol. The molecule has 86 valence electrons. The standard InChI is InChI=1S/C13H24N2/c1-11(2)12-14-9-7-6-8-10-15(12)13(3,4)5/h6-7,11H,8-10H2,1-5H3/b7-6-,14-12?. The van der Waals surface area contributed by atoms with Gasteiger partial charge in [-0.2, -0.15) is 0 Å². The van der Waals surface area contributed by atoms with Gasteiger partial charge in [0.25, 0.3) is 0 Å². The molecule has 0 bridgehead atoms. The van der Waals surface area contributed by atoms with Gasteiger partial charge < -0.3 is 4.90 Å². The first-order chi connectivity index (χ1) is 6.93. The molecule has 0 unspecified atom stereocenters. The highest BCUT2D eigenvalue weighted by Crippen LogP contribution is 2.19. The zero-order valence-electron chi connectivity index (χ0n) is 10.7. The topological polar surface area (TPSA) is 15.6 Å². The van der Waals surface area contributed by atoms with Crippen LogP contribution >= 0.6 is 0 Å². The van der Waals surface area contributed by atoms with Crippen molar-refractivity contribution in [2.75, 3.05) is 13.1 Å². The maximum Gasteiger partial charge on any atom is 0.102 e. The molecule has 0 spiro atoms.